The molecule has 0 unspecified atom stereocenters. The van der Waals surface area contributed by atoms with Gasteiger partial charge in [0.2, 0.25) is 5.91 Å². The van der Waals surface area contributed by atoms with E-state index in [2.05, 4.69) is 57.1 Å². The van der Waals surface area contributed by atoms with Crippen LogP contribution in [0.4, 0.5) is 0 Å². The first-order valence-electron chi connectivity index (χ1n) is 11.7. The number of carbonyl (C=O) groups excluding carboxylic acids is 1. The van der Waals surface area contributed by atoms with Crippen LogP contribution < -0.4 is 0 Å². The minimum absolute atomic E-state index is 0.0704. The predicted octanol–water partition coefficient (Wildman–Crippen LogP) is 3.98. The zero-order valence-electron chi connectivity index (χ0n) is 19.3. The van der Waals surface area contributed by atoms with Crippen LogP contribution >= 0.6 is 23.1 Å². The molecule has 0 bridgehead atoms. The molecule has 0 N–H and O–H groups in total. The average molecular weight is 482 g/mol. The molecule has 2 saturated heterocycles. The Morgan fingerprint density at radius 3 is 2.70 bits per heavy atom. The van der Waals surface area contributed by atoms with E-state index in [9.17, 15) is 4.79 Å². The second-order valence-electron chi connectivity index (χ2n) is 9.20. The minimum atomic E-state index is -0.0704. The smallest absolute Gasteiger partial charge is 0.240 e. The van der Waals surface area contributed by atoms with E-state index in [1.54, 1.807) is 35.5 Å². The number of nitrogens with zero attached hydrogens (tertiary/aromatic N) is 5. The van der Waals surface area contributed by atoms with Gasteiger partial charge in [-0.05, 0) is 63.0 Å². The number of carbonyl (C=O) groups is 1. The summed E-state index contributed by atoms with van der Waals surface area (Å²) in [6, 6.07) is 12.9. The molecule has 0 saturated carbocycles. The second-order valence-corrected chi connectivity index (χ2v) is 11.6. The fraction of sp³-hybridized carbons (Fsp3) is 0.480. The van der Waals surface area contributed by atoms with Crippen molar-refractivity contribution < 1.29 is 4.79 Å². The third-order valence-electron chi connectivity index (χ3n) is 6.80. The van der Waals surface area contributed by atoms with Crippen LogP contribution in [0.5, 0.6) is 0 Å². The van der Waals surface area contributed by atoms with Gasteiger partial charge in [0.05, 0.1) is 12.6 Å². The maximum absolute atomic E-state index is 13.7. The second kappa shape index (κ2) is 10.1. The SMILES string of the molecule is CN1CCC(N2C[C@H](Sc3ncccn3)C[C@H]2C(=O)N(C)Cc2cc3ccccc3s2)CC1. The number of aromatic nitrogens is 2. The van der Waals surface area contributed by atoms with E-state index in [4.69, 9.17) is 0 Å². The summed E-state index contributed by atoms with van der Waals surface area (Å²) in [5, 5.41) is 2.39. The highest BCUT2D eigenvalue weighted by Gasteiger charge is 2.42. The molecule has 174 valence electrons. The molecule has 0 spiro atoms. The number of rotatable bonds is 6. The van der Waals surface area contributed by atoms with Crippen molar-refractivity contribution in [2.75, 3.05) is 33.7 Å². The number of thioether (sulfide) groups is 1. The van der Waals surface area contributed by atoms with Gasteiger partial charge >= 0.3 is 0 Å². The summed E-state index contributed by atoms with van der Waals surface area (Å²) in [4.78, 5) is 30.6. The lowest BCUT2D eigenvalue weighted by Crippen LogP contribution is -2.51. The van der Waals surface area contributed by atoms with Crippen molar-refractivity contribution in [3.63, 3.8) is 0 Å². The average Bonchev–Trinajstić information content (AvgIpc) is 3.43. The first-order chi connectivity index (χ1) is 16.1. The molecule has 8 heteroatoms. The van der Waals surface area contributed by atoms with Crippen LogP contribution in [0.15, 0.2) is 53.9 Å². The van der Waals surface area contributed by atoms with E-state index in [0.717, 1.165) is 44.1 Å². The predicted molar refractivity (Wildman–Crippen MR) is 136 cm³/mol. The Hall–Kier alpha value is -2.00. The molecule has 2 aliphatic rings. The molecule has 5 rings (SSSR count). The van der Waals surface area contributed by atoms with Gasteiger partial charge in [-0.2, -0.15) is 0 Å². The lowest BCUT2D eigenvalue weighted by Gasteiger charge is -2.38. The van der Waals surface area contributed by atoms with E-state index in [-0.39, 0.29) is 11.9 Å². The summed E-state index contributed by atoms with van der Waals surface area (Å²) in [7, 11) is 4.15. The van der Waals surface area contributed by atoms with E-state index >= 15 is 0 Å². The molecule has 33 heavy (non-hydrogen) atoms. The Balaban J connectivity index is 1.31. The van der Waals surface area contributed by atoms with Crippen molar-refractivity contribution in [2.45, 2.75) is 48.3 Å². The molecule has 2 fully saturated rings. The number of hydrogen-bond donors (Lipinski definition) is 0. The molecular weight excluding hydrogens is 450 g/mol. The molecule has 1 aromatic carbocycles. The summed E-state index contributed by atoms with van der Waals surface area (Å²) in [6.07, 6.45) is 6.69. The van der Waals surface area contributed by atoms with Crippen LogP contribution in [0.1, 0.15) is 24.1 Å². The maximum atomic E-state index is 13.7. The molecule has 2 aliphatic heterocycles. The fourth-order valence-corrected chi connectivity index (χ4v) is 7.24. The van der Waals surface area contributed by atoms with Gasteiger partial charge in [0.15, 0.2) is 5.16 Å². The quantitative estimate of drug-likeness (QED) is 0.497. The van der Waals surface area contributed by atoms with Gasteiger partial charge in [0, 0.05) is 46.9 Å². The Morgan fingerprint density at radius 2 is 1.94 bits per heavy atom. The van der Waals surface area contributed by atoms with Crippen molar-refractivity contribution in [1.82, 2.24) is 24.7 Å². The number of likely N-dealkylation sites (tertiary alicyclic amines) is 2. The maximum Gasteiger partial charge on any atom is 0.240 e. The standard InChI is InChI=1S/C25H31N5OS2/c1-28-12-8-19(9-13-28)30-17-21(33-25-26-10-5-11-27-25)15-22(30)24(31)29(2)16-20-14-18-6-3-4-7-23(18)32-20/h3-7,10-11,14,19,21-22H,8-9,12-13,15-17H2,1-2H3/t21-,22+/m1/s1. The van der Waals surface area contributed by atoms with Gasteiger partial charge in [-0.1, -0.05) is 30.0 Å². The summed E-state index contributed by atoms with van der Waals surface area (Å²) in [5.74, 6) is 0.239. The number of likely N-dealkylation sites (N-methyl/N-ethyl adjacent to an activating group) is 1. The molecule has 6 nitrogen and oxygen atoms in total. The van der Waals surface area contributed by atoms with Gasteiger partial charge in [-0.3, -0.25) is 9.69 Å². The third kappa shape index (κ3) is 5.24. The minimum Gasteiger partial charge on any atom is -0.339 e. The van der Waals surface area contributed by atoms with E-state index in [0.29, 0.717) is 17.8 Å². The van der Waals surface area contributed by atoms with Crippen LogP contribution in [-0.4, -0.2) is 81.6 Å². The highest BCUT2D eigenvalue weighted by atomic mass is 32.2. The summed E-state index contributed by atoms with van der Waals surface area (Å²) < 4.78 is 1.28. The van der Waals surface area contributed by atoms with E-state index < -0.39 is 0 Å². The van der Waals surface area contributed by atoms with Gasteiger partial charge in [-0.15, -0.1) is 11.3 Å². The van der Waals surface area contributed by atoms with Gasteiger partial charge in [-0.25, -0.2) is 9.97 Å². The number of piperidine rings is 1. The van der Waals surface area contributed by atoms with Crippen LogP contribution in [0, 0.1) is 0 Å². The lowest BCUT2D eigenvalue weighted by atomic mass is 10.0. The molecule has 4 heterocycles. The van der Waals surface area contributed by atoms with Gasteiger partial charge in [0.1, 0.15) is 0 Å². The van der Waals surface area contributed by atoms with Crippen molar-refractivity contribution in [3.05, 3.63) is 53.7 Å². The van der Waals surface area contributed by atoms with Crippen LogP contribution in [0.3, 0.4) is 0 Å². The normalized spacial score (nSPS) is 22.7. The zero-order valence-corrected chi connectivity index (χ0v) is 20.9. The largest absolute Gasteiger partial charge is 0.339 e. The van der Waals surface area contributed by atoms with E-state index in [1.165, 1.54) is 15.0 Å². The zero-order chi connectivity index (χ0) is 22.8. The highest BCUT2D eigenvalue weighted by molar-refractivity contribution is 7.99. The van der Waals surface area contributed by atoms with Crippen molar-refractivity contribution in [3.8, 4) is 0 Å². The topological polar surface area (TPSA) is 52.6 Å². The first kappa shape index (κ1) is 22.8. The molecular formula is C25H31N5OS2. The van der Waals surface area contributed by atoms with Gasteiger partial charge < -0.3 is 9.80 Å². The Bertz CT molecular complexity index is 1050. The lowest BCUT2D eigenvalue weighted by molar-refractivity contribution is -0.136. The molecule has 0 aliphatic carbocycles. The number of benzene rings is 1. The van der Waals surface area contributed by atoms with E-state index in [1.807, 2.05) is 18.0 Å². The van der Waals surface area contributed by atoms with Crippen molar-refractivity contribution >= 4 is 39.1 Å². The Morgan fingerprint density at radius 1 is 1.18 bits per heavy atom. The van der Waals surface area contributed by atoms with Crippen LogP contribution in [0.25, 0.3) is 10.1 Å². The molecule has 1 amide bonds. The Labute approximate surface area is 204 Å². The number of hydrogen-bond acceptors (Lipinski definition) is 7. The Kier molecular flexibility index (Phi) is 6.97. The number of amides is 1. The molecule has 3 aromatic rings. The summed E-state index contributed by atoms with van der Waals surface area (Å²) >= 11 is 3.50. The third-order valence-corrected chi connectivity index (χ3v) is 9.00. The van der Waals surface area contributed by atoms with Gasteiger partial charge in [0.25, 0.3) is 0 Å². The fourth-order valence-electron chi connectivity index (χ4n) is 5.06. The highest BCUT2D eigenvalue weighted by Crippen LogP contribution is 2.35. The number of thiophene rings is 1. The summed E-state index contributed by atoms with van der Waals surface area (Å²) in [6.45, 7) is 3.78. The first-order valence-corrected chi connectivity index (χ1v) is 13.4. The van der Waals surface area contributed by atoms with Crippen molar-refractivity contribution in [2.24, 2.45) is 0 Å². The molecule has 2 aromatic heterocycles. The monoisotopic (exact) mass is 481 g/mol. The summed E-state index contributed by atoms with van der Waals surface area (Å²) in [5.41, 5.74) is 0. The van der Waals surface area contributed by atoms with Crippen LogP contribution in [-0.2, 0) is 11.3 Å². The van der Waals surface area contributed by atoms with Crippen molar-refractivity contribution in [1.29, 1.82) is 0 Å². The molecule has 2 atom stereocenters. The van der Waals surface area contributed by atoms with Crippen LogP contribution in [0.2, 0.25) is 0 Å². The number of fused-ring (bicyclic) bond motifs is 1. The molecule has 0 radical (unpaired) electrons.